The van der Waals surface area contributed by atoms with Crippen LogP contribution in [0.3, 0.4) is 0 Å². The van der Waals surface area contributed by atoms with Gasteiger partial charge in [-0.25, -0.2) is 9.97 Å². The summed E-state index contributed by atoms with van der Waals surface area (Å²) < 4.78 is 0. The fourth-order valence-corrected chi connectivity index (χ4v) is 2.87. The van der Waals surface area contributed by atoms with Crippen LogP contribution in [0, 0.1) is 6.92 Å². The van der Waals surface area contributed by atoms with Gasteiger partial charge >= 0.3 is 0 Å². The van der Waals surface area contributed by atoms with Crippen LogP contribution in [0.15, 0.2) is 36.5 Å². The molecule has 25 heavy (non-hydrogen) atoms. The van der Waals surface area contributed by atoms with Crippen molar-refractivity contribution in [1.82, 2.24) is 20.2 Å². The third-order valence-electron chi connectivity index (χ3n) is 4.55. The van der Waals surface area contributed by atoms with E-state index in [-0.39, 0.29) is 5.91 Å². The van der Waals surface area contributed by atoms with Crippen LogP contribution in [0.5, 0.6) is 0 Å². The van der Waals surface area contributed by atoms with E-state index in [2.05, 4.69) is 32.0 Å². The first kappa shape index (κ1) is 17.4. The molecule has 0 atom stereocenters. The molecule has 1 aliphatic rings. The number of nitrogens with zero attached hydrogens (tertiary/aromatic N) is 4. The van der Waals surface area contributed by atoms with Crippen molar-refractivity contribution in [3.8, 4) is 0 Å². The van der Waals surface area contributed by atoms with Crippen molar-refractivity contribution >= 4 is 11.9 Å². The number of likely N-dealkylation sites (N-methyl/N-ethyl adjacent to an activating group) is 1. The second-order valence-corrected chi connectivity index (χ2v) is 6.33. The maximum absolute atomic E-state index is 12.4. The lowest BCUT2D eigenvalue weighted by molar-refractivity contribution is 0.0946. The van der Waals surface area contributed by atoms with E-state index >= 15 is 0 Å². The van der Waals surface area contributed by atoms with Crippen LogP contribution in [-0.4, -0.2) is 53.5 Å². The molecule has 1 aromatic heterocycles. The Balaban J connectivity index is 1.60. The average molecular weight is 339 g/mol. The summed E-state index contributed by atoms with van der Waals surface area (Å²) in [5, 5.41) is 2.93. The van der Waals surface area contributed by atoms with Crippen LogP contribution in [0.2, 0.25) is 0 Å². The van der Waals surface area contributed by atoms with Crippen LogP contribution in [0.4, 0.5) is 5.95 Å². The Bertz CT molecular complexity index is 708. The average Bonchev–Trinajstić information content (AvgIpc) is 2.67. The van der Waals surface area contributed by atoms with Crippen molar-refractivity contribution in [2.45, 2.75) is 20.4 Å². The third-order valence-corrected chi connectivity index (χ3v) is 4.55. The zero-order valence-corrected chi connectivity index (χ0v) is 14.9. The topological polar surface area (TPSA) is 61.4 Å². The number of piperazine rings is 1. The fourth-order valence-electron chi connectivity index (χ4n) is 2.87. The maximum atomic E-state index is 12.4. The van der Waals surface area contributed by atoms with Gasteiger partial charge in [0.2, 0.25) is 5.95 Å². The number of benzene rings is 1. The Morgan fingerprint density at radius 2 is 1.84 bits per heavy atom. The molecule has 1 saturated heterocycles. The molecule has 6 heteroatoms. The minimum Gasteiger partial charge on any atom is -0.347 e. The highest BCUT2D eigenvalue weighted by Crippen LogP contribution is 2.11. The second kappa shape index (κ2) is 8.07. The van der Waals surface area contributed by atoms with Crippen molar-refractivity contribution in [2.75, 3.05) is 37.6 Å². The van der Waals surface area contributed by atoms with Gasteiger partial charge in [0.1, 0.15) is 5.69 Å². The molecule has 0 spiro atoms. The van der Waals surface area contributed by atoms with Gasteiger partial charge in [-0.1, -0.05) is 36.8 Å². The predicted molar refractivity (Wildman–Crippen MR) is 98.7 cm³/mol. The van der Waals surface area contributed by atoms with Gasteiger partial charge in [0.15, 0.2) is 0 Å². The summed E-state index contributed by atoms with van der Waals surface area (Å²) in [5.74, 6) is 0.468. The first-order chi connectivity index (χ1) is 12.2. The number of aryl methyl sites for hydroxylation is 1. The van der Waals surface area contributed by atoms with Gasteiger partial charge in [-0.15, -0.1) is 0 Å². The molecule has 132 valence electrons. The number of carbonyl (C=O) groups is 1. The molecule has 0 radical (unpaired) electrons. The van der Waals surface area contributed by atoms with Crippen molar-refractivity contribution in [2.24, 2.45) is 0 Å². The van der Waals surface area contributed by atoms with Gasteiger partial charge in [-0.05, 0) is 25.1 Å². The Morgan fingerprint density at radius 1 is 1.12 bits per heavy atom. The zero-order chi connectivity index (χ0) is 17.6. The van der Waals surface area contributed by atoms with E-state index in [1.165, 1.54) is 5.56 Å². The van der Waals surface area contributed by atoms with Gasteiger partial charge in [0.05, 0.1) is 0 Å². The van der Waals surface area contributed by atoms with Gasteiger partial charge in [0.25, 0.3) is 5.91 Å². The van der Waals surface area contributed by atoms with Crippen molar-refractivity contribution in [3.63, 3.8) is 0 Å². The standard InChI is InChI=1S/C19H25N5O/c1-3-23-10-12-24(13-11-23)19-20-9-8-17(22-19)18(25)21-14-16-6-4-15(2)5-7-16/h4-9H,3,10-14H2,1-2H3,(H,21,25). The van der Waals surface area contributed by atoms with Crippen molar-refractivity contribution in [3.05, 3.63) is 53.3 Å². The summed E-state index contributed by atoms with van der Waals surface area (Å²) in [6.45, 7) is 9.57. The predicted octanol–water partition coefficient (Wildman–Crippen LogP) is 1.86. The molecular weight excluding hydrogens is 314 g/mol. The molecule has 0 saturated carbocycles. The van der Waals surface area contributed by atoms with Crippen LogP contribution < -0.4 is 10.2 Å². The number of hydrogen-bond donors (Lipinski definition) is 1. The normalized spacial score (nSPS) is 15.2. The Hall–Kier alpha value is -2.47. The van der Waals surface area contributed by atoms with E-state index in [0.717, 1.165) is 38.3 Å². The van der Waals surface area contributed by atoms with E-state index in [4.69, 9.17) is 0 Å². The maximum Gasteiger partial charge on any atom is 0.270 e. The van der Waals surface area contributed by atoms with Crippen molar-refractivity contribution < 1.29 is 4.79 Å². The fraction of sp³-hybridized carbons (Fsp3) is 0.421. The third kappa shape index (κ3) is 4.54. The lowest BCUT2D eigenvalue weighted by atomic mass is 10.1. The summed E-state index contributed by atoms with van der Waals surface area (Å²) in [5.41, 5.74) is 2.69. The molecule has 3 rings (SSSR count). The summed E-state index contributed by atoms with van der Waals surface area (Å²) >= 11 is 0. The first-order valence-corrected chi connectivity index (χ1v) is 8.80. The zero-order valence-electron chi connectivity index (χ0n) is 14.9. The number of amides is 1. The van der Waals surface area contributed by atoms with Crippen LogP contribution in [-0.2, 0) is 6.54 Å². The SMILES string of the molecule is CCN1CCN(c2nccc(C(=O)NCc3ccc(C)cc3)n2)CC1. The van der Waals surface area contributed by atoms with Crippen LogP contribution >= 0.6 is 0 Å². The molecule has 1 aromatic carbocycles. The first-order valence-electron chi connectivity index (χ1n) is 8.80. The minimum atomic E-state index is -0.170. The highest BCUT2D eigenvalue weighted by Gasteiger charge is 2.19. The minimum absolute atomic E-state index is 0.170. The number of anilines is 1. The highest BCUT2D eigenvalue weighted by molar-refractivity contribution is 5.92. The lowest BCUT2D eigenvalue weighted by Gasteiger charge is -2.34. The highest BCUT2D eigenvalue weighted by atomic mass is 16.1. The second-order valence-electron chi connectivity index (χ2n) is 6.33. The van der Waals surface area contributed by atoms with E-state index < -0.39 is 0 Å². The number of hydrogen-bond acceptors (Lipinski definition) is 5. The van der Waals surface area contributed by atoms with E-state index in [0.29, 0.717) is 18.2 Å². The van der Waals surface area contributed by atoms with Crippen molar-refractivity contribution in [1.29, 1.82) is 0 Å². The van der Waals surface area contributed by atoms with Crippen LogP contribution in [0.1, 0.15) is 28.5 Å². The van der Waals surface area contributed by atoms with Gasteiger partial charge in [-0.3, -0.25) is 4.79 Å². The molecule has 1 amide bonds. The monoisotopic (exact) mass is 339 g/mol. The molecule has 0 unspecified atom stereocenters. The molecule has 0 aliphatic carbocycles. The quantitative estimate of drug-likeness (QED) is 0.901. The number of aromatic nitrogens is 2. The summed E-state index contributed by atoms with van der Waals surface area (Å²) in [6, 6.07) is 9.79. The number of carbonyl (C=O) groups excluding carboxylic acids is 1. The molecule has 2 heterocycles. The Morgan fingerprint density at radius 3 is 2.52 bits per heavy atom. The molecule has 0 bridgehead atoms. The molecular formula is C19H25N5O. The molecule has 2 aromatic rings. The largest absolute Gasteiger partial charge is 0.347 e. The number of rotatable bonds is 5. The summed E-state index contributed by atoms with van der Waals surface area (Å²) in [4.78, 5) is 25.7. The number of nitrogens with one attached hydrogen (secondary N) is 1. The van der Waals surface area contributed by atoms with E-state index in [1.54, 1.807) is 12.3 Å². The van der Waals surface area contributed by atoms with Crippen LogP contribution in [0.25, 0.3) is 0 Å². The smallest absolute Gasteiger partial charge is 0.270 e. The molecule has 6 nitrogen and oxygen atoms in total. The summed E-state index contributed by atoms with van der Waals surface area (Å²) in [7, 11) is 0. The molecule has 1 fully saturated rings. The van der Waals surface area contributed by atoms with E-state index in [1.807, 2.05) is 31.2 Å². The molecule has 1 N–H and O–H groups in total. The summed E-state index contributed by atoms with van der Waals surface area (Å²) in [6.07, 6.45) is 1.66. The van der Waals surface area contributed by atoms with Gasteiger partial charge in [-0.2, -0.15) is 0 Å². The Labute approximate surface area is 148 Å². The lowest BCUT2D eigenvalue weighted by Crippen LogP contribution is -2.46. The molecule has 1 aliphatic heterocycles. The van der Waals surface area contributed by atoms with Gasteiger partial charge in [0, 0.05) is 38.9 Å². The van der Waals surface area contributed by atoms with E-state index in [9.17, 15) is 4.79 Å². The Kier molecular flexibility index (Phi) is 5.60. The van der Waals surface area contributed by atoms with Gasteiger partial charge < -0.3 is 15.1 Å².